The van der Waals surface area contributed by atoms with Crippen molar-refractivity contribution in [1.29, 1.82) is 0 Å². The fraction of sp³-hybridized carbons (Fsp3) is 0.696. The monoisotopic (exact) mass is 536 g/mol. The fourth-order valence-electron chi connectivity index (χ4n) is 5.16. The summed E-state index contributed by atoms with van der Waals surface area (Å²) in [5.74, 6) is 0.359. The first-order valence-electron chi connectivity index (χ1n) is 12.4. The van der Waals surface area contributed by atoms with Crippen molar-refractivity contribution in [1.82, 2.24) is 35.2 Å². The van der Waals surface area contributed by atoms with Crippen LogP contribution in [0.25, 0.3) is 11.4 Å². The van der Waals surface area contributed by atoms with Crippen LogP contribution in [-0.4, -0.2) is 113 Å². The maximum absolute atomic E-state index is 13.4. The minimum Gasteiger partial charge on any atom is -0.388 e. The number of thioether (sulfide) groups is 1. The van der Waals surface area contributed by atoms with E-state index in [1.165, 1.54) is 22.6 Å². The molecule has 6 N–H and O–H groups in total. The Labute approximate surface area is 219 Å². The zero-order valence-corrected chi connectivity index (χ0v) is 22.0. The van der Waals surface area contributed by atoms with Gasteiger partial charge in [0.15, 0.2) is 0 Å². The number of aromatic nitrogens is 5. The molecule has 2 aliphatic heterocycles. The second-order valence-corrected chi connectivity index (χ2v) is 10.7. The van der Waals surface area contributed by atoms with Gasteiger partial charge in [-0.1, -0.05) is 18.6 Å². The highest BCUT2D eigenvalue weighted by Gasteiger charge is 2.47. The summed E-state index contributed by atoms with van der Waals surface area (Å²) in [4.78, 5) is 23.5. The predicted octanol–water partition coefficient (Wildman–Crippen LogP) is -0.907. The van der Waals surface area contributed by atoms with E-state index in [9.17, 15) is 20.1 Å². The molecule has 4 rings (SSSR count). The maximum atomic E-state index is 13.4. The van der Waals surface area contributed by atoms with E-state index in [0.717, 1.165) is 25.8 Å². The van der Waals surface area contributed by atoms with Crippen LogP contribution in [0.2, 0.25) is 0 Å². The summed E-state index contributed by atoms with van der Waals surface area (Å²) in [6.45, 7) is 3.07. The molecule has 5 unspecified atom stereocenters. The summed E-state index contributed by atoms with van der Waals surface area (Å²) in [5.41, 5.74) is 5.85. The number of likely N-dealkylation sites (tertiary alicyclic amines) is 1. The number of anilines is 1. The van der Waals surface area contributed by atoms with Gasteiger partial charge in [-0.15, -0.1) is 16.9 Å². The van der Waals surface area contributed by atoms with Gasteiger partial charge in [-0.25, -0.2) is 14.6 Å². The van der Waals surface area contributed by atoms with Crippen LogP contribution < -0.4 is 11.1 Å². The molecule has 0 aromatic carbocycles. The van der Waals surface area contributed by atoms with E-state index in [4.69, 9.17) is 10.5 Å². The van der Waals surface area contributed by atoms with Crippen LogP contribution >= 0.6 is 11.8 Å². The lowest BCUT2D eigenvalue weighted by molar-refractivity contribution is -0.206. The minimum absolute atomic E-state index is 0.0970. The number of nitrogens with zero attached hydrogens (tertiary/aromatic N) is 6. The number of carbonyl (C=O) groups is 1. The standard InChI is InChI=1S/C23H36N8O5S/c1-4-5-12-8-16(30(2)9-12)21(35)26-15(20-18(33)17(32)19(34)22(36-20)37-3)11-31-10-14(28-29-31)13-6-7-25-23(24)27-13/h6-7,10,12,15-20,22,32-34H,4-5,8-9,11H2,1-3H3,(H,26,35)(H2,24,25,27)/t12-,15-,16+,17?,18?,19?,20?,22?/m1/s1. The number of likely N-dealkylation sites (N-methyl/N-ethyl adjacent to an activating group) is 1. The quantitative estimate of drug-likeness (QED) is 0.266. The van der Waals surface area contributed by atoms with Crippen LogP contribution in [-0.2, 0) is 16.1 Å². The summed E-state index contributed by atoms with van der Waals surface area (Å²) in [6.07, 6.45) is 2.62. The third-order valence-electron chi connectivity index (χ3n) is 7.06. The Morgan fingerprint density at radius 1 is 1.30 bits per heavy atom. The highest BCUT2D eigenvalue weighted by atomic mass is 32.2. The highest BCUT2D eigenvalue weighted by molar-refractivity contribution is 7.99. The van der Waals surface area contributed by atoms with Crippen molar-refractivity contribution < 1.29 is 24.9 Å². The van der Waals surface area contributed by atoms with Crippen LogP contribution in [0.5, 0.6) is 0 Å². The molecule has 2 aromatic heterocycles. The first-order valence-corrected chi connectivity index (χ1v) is 13.7. The summed E-state index contributed by atoms with van der Waals surface area (Å²) < 4.78 is 7.51. The summed E-state index contributed by atoms with van der Waals surface area (Å²) in [6, 6.07) is 0.562. The number of rotatable bonds is 9. The number of carbonyl (C=O) groups excluding carboxylic acids is 1. The van der Waals surface area contributed by atoms with Crippen LogP contribution in [0.15, 0.2) is 18.5 Å². The Morgan fingerprint density at radius 3 is 2.78 bits per heavy atom. The van der Waals surface area contributed by atoms with Crippen molar-refractivity contribution in [2.75, 3.05) is 25.6 Å². The molecule has 2 aliphatic rings. The van der Waals surface area contributed by atoms with E-state index in [0.29, 0.717) is 17.3 Å². The molecule has 37 heavy (non-hydrogen) atoms. The zero-order valence-electron chi connectivity index (χ0n) is 21.2. The number of ether oxygens (including phenoxy) is 1. The lowest BCUT2D eigenvalue weighted by atomic mass is 9.94. The lowest BCUT2D eigenvalue weighted by Crippen LogP contribution is -2.64. The predicted molar refractivity (Wildman–Crippen MR) is 137 cm³/mol. The number of nitrogen functional groups attached to an aromatic ring is 1. The SMILES string of the molecule is CCC[C@@H]1C[C@@H](C(=O)N[C@H](Cn2cc(-c3ccnc(N)n3)nn2)C2OC(SC)C(O)C(O)C2O)N(C)C1. The normalized spacial score (nSPS) is 31.4. The van der Waals surface area contributed by atoms with Crippen molar-refractivity contribution in [3.63, 3.8) is 0 Å². The Morgan fingerprint density at radius 2 is 2.08 bits per heavy atom. The minimum atomic E-state index is -1.44. The first-order chi connectivity index (χ1) is 17.7. The van der Waals surface area contributed by atoms with Crippen molar-refractivity contribution in [2.45, 2.75) is 74.7 Å². The molecular weight excluding hydrogens is 500 g/mol. The van der Waals surface area contributed by atoms with Crippen molar-refractivity contribution in [3.05, 3.63) is 18.5 Å². The maximum Gasteiger partial charge on any atom is 0.237 e. The van der Waals surface area contributed by atoms with E-state index in [1.807, 2.05) is 11.9 Å². The molecular formula is C23H36N8O5S. The summed E-state index contributed by atoms with van der Waals surface area (Å²) in [7, 11) is 1.93. The molecule has 14 heteroatoms. The molecule has 0 spiro atoms. The molecule has 1 amide bonds. The van der Waals surface area contributed by atoms with Crippen LogP contribution in [0.1, 0.15) is 26.2 Å². The largest absolute Gasteiger partial charge is 0.388 e. The van der Waals surface area contributed by atoms with Gasteiger partial charge in [-0.3, -0.25) is 9.69 Å². The van der Waals surface area contributed by atoms with E-state index in [2.05, 4.69) is 32.5 Å². The van der Waals surface area contributed by atoms with E-state index in [-0.39, 0.29) is 24.4 Å². The van der Waals surface area contributed by atoms with Gasteiger partial charge in [0.1, 0.15) is 35.5 Å². The third kappa shape index (κ3) is 6.21. The molecule has 2 fully saturated rings. The van der Waals surface area contributed by atoms with Crippen LogP contribution in [0, 0.1) is 5.92 Å². The molecule has 204 valence electrons. The molecule has 2 saturated heterocycles. The second-order valence-electron chi connectivity index (χ2n) is 9.76. The van der Waals surface area contributed by atoms with Gasteiger partial charge in [0.05, 0.1) is 30.5 Å². The van der Waals surface area contributed by atoms with Crippen LogP contribution in [0.3, 0.4) is 0 Å². The lowest BCUT2D eigenvalue weighted by Gasteiger charge is -2.43. The number of hydrogen-bond acceptors (Lipinski definition) is 12. The average Bonchev–Trinajstić information content (AvgIpc) is 3.49. The van der Waals surface area contributed by atoms with Gasteiger partial charge < -0.3 is 31.1 Å². The van der Waals surface area contributed by atoms with Gasteiger partial charge in [0, 0.05) is 12.7 Å². The first kappa shape index (κ1) is 27.7. The number of amides is 1. The number of aliphatic hydroxyl groups is 3. The van der Waals surface area contributed by atoms with Gasteiger partial charge >= 0.3 is 0 Å². The summed E-state index contributed by atoms with van der Waals surface area (Å²) >= 11 is 1.22. The zero-order chi connectivity index (χ0) is 26.7. The van der Waals surface area contributed by atoms with Gasteiger partial charge in [0.25, 0.3) is 0 Å². The highest BCUT2D eigenvalue weighted by Crippen LogP contribution is 2.30. The molecule has 13 nitrogen and oxygen atoms in total. The Balaban J connectivity index is 1.57. The third-order valence-corrected chi connectivity index (χ3v) is 7.91. The Kier molecular flexibility index (Phi) is 8.98. The average molecular weight is 537 g/mol. The second kappa shape index (κ2) is 12.0. The van der Waals surface area contributed by atoms with E-state index >= 15 is 0 Å². The molecule has 0 bridgehead atoms. The van der Waals surface area contributed by atoms with Crippen molar-refractivity contribution in [2.24, 2.45) is 5.92 Å². The number of nitrogens with one attached hydrogen (secondary N) is 1. The molecule has 2 aromatic rings. The van der Waals surface area contributed by atoms with E-state index < -0.39 is 35.9 Å². The molecule has 8 atom stereocenters. The fourth-order valence-corrected chi connectivity index (χ4v) is 5.84. The molecule has 0 saturated carbocycles. The van der Waals surface area contributed by atoms with Gasteiger partial charge in [0.2, 0.25) is 11.9 Å². The number of nitrogens with two attached hydrogens (primary N) is 1. The van der Waals surface area contributed by atoms with Crippen molar-refractivity contribution >= 4 is 23.6 Å². The smallest absolute Gasteiger partial charge is 0.237 e. The Bertz CT molecular complexity index is 1060. The molecule has 0 aliphatic carbocycles. The van der Waals surface area contributed by atoms with Gasteiger partial charge in [-0.2, -0.15) is 0 Å². The topological polar surface area (TPSA) is 185 Å². The molecule has 4 heterocycles. The number of hydrogen-bond donors (Lipinski definition) is 5. The summed E-state index contributed by atoms with van der Waals surface area (Å²) in [5, 5.41) is 43.0. The van der Waals surface area contributed by atoms with Gasteiger partial charge in [-0.05, 0) is 38.1 Å². The Hall–Kier alpha value is -2.36. The van der Waals surface area contributed by atoms with E-state index in [1.54, 1.807) is 18.5 Å². The van der Waals surface area contributed by atoms with Crippen molar-refractivity contribution in [3.8, 4) is 11.4 Å². The van der Waals surface area contributed by atoms with Crippen LogP contribution in [0.4, 0.5) is 5.95 Å². The molecule has 0 radical (unpaired) electrons. The number of aliphatic hydroxyl groups excluding tert-OH is 3.